The SMILES string of the molecule is N#Cc1cccn1C1CCOCC1. The van der Waals surface area contributed by atoms with Crippen LogP contribution in [0.15, 0.2) is 18.3 Å². The van der Waals surface area contributed by atoms with Gasteiger partial charge in [0.05, 0.1) is 0 Å². The van der Waals surface area contributed by atoms with E-state index in [2.05, 4.69) is 10.6 Å². The lowest BCUT2D eigenvalue weighted by Gasteiger charge is -2.24. The highest BCUT2D eigenvalue weighted by Crippen LogP contribution is 2.22. The van der Waals surface area contributed by atoms with Crippen molar-refractivity contribution in [1.29, 1.82) is 5.26 Å². The number of hydrogen-bond donors (Lipinski definition) is 0. The maximum Gasteiger partial charge on any atom is 0.120 e. The van der Waals surface area contributed by atoms with Crippen molar-refractivity contribution in [3.8, 4) is 6.07 Å². The van der Waals surface area contributed by atoms with Gasteiger partial charge in [-0.1, -0.05) is 0 Å². The second-order valence-corrected chi connectivity index (χ2v) is 3.26. The molecule has 1 aliphatic rings. The molecule has 2 rings (SSSR count). The van der Waals surface area contributed by atoms with E-state index in [4.69, 9.17) is 10.00 Å². The fourth-order valence-corrected chi connectivity index (χ4v) is 1.77. The van der Waals surface area contributed by atoms with Gasteiger partial charge in [0.15, 0.2) is 0 Å². The van der Waals surface area contributed by atoms with E-state index in [1.54, 1.807) is 0 Å². The number of aromatic nitrogens is 1. The lowest BCUT2D eigenvalue weighted by atomic mass is 10.1. The summed E-state index contributed by atoms with van der Waals surface area (Å²) in [6, 6.07) is 6.43. The predicted octanol–water partition coefficient (Wildman–Crippen LogP) is 1.71. The normalized spacial score (nSPS) is 18.4. The van der Waals surface area contributed by atoms with Crippen molar-refractivity contribution >= 4 is 0 Å². The van der Waals surface area contributed by atoms with Crippen molar-refractivity contribution in [3.05, 3.63) is 24.0 Å². The standard InChI is InChI=1S/C10H12N2O/c11-8-10-2-1-5-12(10)9-3-6-13-7-4-9/h1-2,5,9H,3-4,6-7H2. The summed E-state index contributed by atoms with van der Waals surface area (Å²) >= 11 is 0. The summed E-state index contributed by atoms with van der Waals surface area (Å²) < 4.78 is 7.33. The minimum Gasteiger partial charge on any atom is -0.381 e. The van der Waals surface area contributed by atoms with Crippen molar-refractivity contribution in [1.82, 2.24) is 4.57 Å². The molecule has 0 radical (unpaired) electrons. The summed E-state index contributed by atoms with van der Waals surface area (Å²) in [5, 5.41) is 8.84. The van der Waals surface area contributed by atoms with Gasteiger partial charge < -0.3 is 9.30 Å². The quantitative estimate of drug-likeness (QED) is 0.653. The monoisotopic (exact) mass is 176 g/mol. The molecular formula is C10H12N2O. The molecule has 0 unspecified atom stereocenters. The molecule has 1 saturated heterocycles. The maximum absolute atomic E-state index is 8.84. The Morgan fingerprint density at radius 1 is 1.46 bits per heavy atom. The van der Waals surface area contributed by atoms with E-state index in [1.807, 2.05) is 18.3 Å². The molecule has 0 bridgehead atoms. The van der Waals surface area contributed by atoms with E-state index >= 15 is 0 Å². The predicted molar refractivity (Wildman–Crippen MR) is 48.2 cm³/mol. The second-order valence-electron chi connectivity index (χ2n) is 3.26. The van der Waals surface area contributed by atoms with Crippen molar-refractivity contribution < 1.29 is 4.74 Å². The zero-order valence-electron chi connectivity index (χ0n) is 7.44. The molecule has 68 valence electrons. The van der Waals surface area contributed by atoms with Gasteiger partial charge in [-0.3, -0.25) is 0 Å². The van der Waals surface area contributed by atoms with E-state index in [1.165, 1.54) is 0 Å². The van der Waals surface area contributed by atoms with Gasteiger partial charge in [-0.2, -0.15) is 5.26 Å². The molecule has 1 aromatic heterocycles. The van der Waals surface area contributed by atoms with Crippen molar-refractivity contribution in [2.24, 2.45) is 0 Å². The average Bonchev–Trinajstić information content (AvgIpc) is 2.67. The highest BCUT2D eigenvalue weighted by Gasteiger charge is 2.16. The molecule has 3 nitrogen and oxygen atoms in total. The van der Waals surface area contributed by atoms with Gasteiger partial charge in [-0.05, 0) is 25.0 Å². The molecule has 0 saturated carbocycles. The van der Waals surface area contributed by atoms with E-state index in [9.17, 15) is 0 Å². The molecule has 0 amide bonds. The van der Waals surface area contributed by atoms with Crippen LogP contribution in [0, 0.1) is 11.3 Å². The first-order chi connectivity index (χ1) is 6.42. The van der Waals surface area contributed by atoms with Gasteiger partial charge in [0.2, 0.25) is 0 Å². The summed E-state index contributed by atoms with van der Waals surface area (Å²) in [4.78, 5) is 0. The van der Waals surface area contributed by atoms with Gasteiger partial charge >= 0.3 is 0 Å². The highest BCUT2D eigenvalue weighted by molar-refractivity contribution is 5.22. The summed E-state index contributed by atoms with van der Waals surface area (Å²) in [6.07, 6.45) is 4.02. The topological polar surface area (TPSA) is 38.0 Å². The van der Waals surface area contributed by atoms with Crippen molar-refractivity contribution in [2.45, 2.75) is 18.9 Å². The minimum absolute atomic E-state index is 0.457. The summed E-state index contributed by atoms with van der Waals surface area (Å²) in [7, 11) is 0. The first-order valence-corrected chi connectivity index (χ1v) is 4.56. The van der Waals surface area contributed by atoms with Crippen LogP contribution in [0.1, 0.15) is 24.6 Å². The number of ether oxygens (including phenoxy) is 1. The molecule has 2 heterocycles. The Kier molecular flexibility index (Phi) is 2.33. The zero-order valence-corrected chi connectivity index (χ0v) is 7.44. The van der Waals surface area contributed by atoms with Crippen LogP contribution in [0.2, 0.25) is 0 Å². The van der Waals surface area contributed by atoms with Crippen LogP contribution in [0.4, 0.5) is 0 Å². The fourth-order valence-electron chi connectivity index (χ4n) is 1.77. The number of nitriles is 1. The molecule has 0 aliphatic carbocycles. The Balaban J connectivity index is 2.19. The Hall–Kier alpha value is -1.27. The van der Waals surface area contributed by atoms with Crippen LogP contribution in [-0.4, -0.2) is 17.8 Å². The number of hydrogen-bond acceptors (Lipinski definition) is 2. The number of rotatable bonds is 1. The lowest BCUT2D eigenvalue weighted by Crippen LogP contribution is -2.19. The van der Waals surface area contributed by atoms with Gasteiger partial charge in [0.25, 0.3) is 0 Å². The Bertz CT molecular complexity index is 318. The third-order valence-corrected chi connectivity index (χ3v) is 2.48. The van der Waals surface area contributed by atoms with Gasteiger partial charge in [0.1, 0.15) is 11.8 Å². The third-order valence-electron chi connectivity index (χ3n) is 2.48. The van der Waals surface area contributed by atoms with E-state index in [0.717, 1.165) is 31.7 Å². The molecular weight excluding hydrogens is 164 g/mol. The first-order valence-electron chi connectivity index (χ1n) is 4.56. The second kappa shape index (κ2) is 3.63. The summed E-state index contributed by atoms with van der Waals surface area (Å²) in [5.74, 6) is 0. The van der Waals surface area contributed by atoms with Crippen LogP contribution in [0.3, 0.4) is 0 Å². The van der Waals surface area contributed by atoms with E-state index in [0.29, 0.717) is 6.04 Å². The molecule has 0 atom stereocenters. The van der Waals surface area contributed by atoms with Crippen molar-refractivity contribution in [3.63, 3.8) is 0 Å². The molecule has 1 aromatic rings. The van der Waals surface area contributed by atoms with Crippen molar-refractivity contribution in [2.75, 3.05) is 13.2 Å². The Labute approximate surface area is 77.5 Å². The summed E-state index contributed by atoms with van der Waals surface area (Å²) in [5.41, 5.74) is 0.756. The van der Waals surface area contributed by atoms with Crippen LogP contribution < -0.4 is 0 Å². The van der Waals surface area contributed by atoms with Gasteiger partial charge in [-0.25, -0.2) is 0 Å². The fraction of sp³-hybridized carbons (Fsp3) is 0.500. The third kappa shape index (κ3) is 1.58. The molecule has 0 aromatic carbocycles. The zero-order chi connectivity index (χ0) is 9.10. The molecule has 3 heteroatoms. The first kappa shape index (κ1) is 8.33. The van der Waals surface area contributed by atoms with Crippen LogP contribution >= 0.6 is 0 Å². The molecule has 0 spiro atoms. The lowest BCUT2D eigenvalue weighted by molar-refractivity contribution is 0.0695. The number of nitrogens with zero attached hydrogens (tertiary/aromatic N) is 2. The van der Waals surface area contributed by atoms with Crippen LogP contribution in [0.25, 0.3) is 0 Å². The molecule has 1 aliphatic heterocycles. The summed E-state index contributed by atoms with van der Waals surface area (Å²) in [6.45, 7) is 1.63. The minimum atomic E-state index is 0.457. The van der Waals surface area contributed by atoms with E-state index in [-0.39, 0.29) is 0 Å². The van der Waals surface area contributed by atoms with E-state index < -0.39 is 0 Å². The average molecular weight is 176 g/mol. The maximum atomic E-state index is 8.84. The molecule has 1 fully saturated rings. The van der Waals surface area contributed by atoms with Gasteiger partial charge in [0, 0.05) is 25.5 Å². The molecule has 13 heavy (non-hydrogen) atoms. The highest BCUT2D eigenvalue weighted by atomic mass is 16.5. The van der Waals surface area contributed by atoms with Crippen LogP contribution in [-0.2, 0) is 4.74 Å². The van der Waals surface area contributed by atoms with Crippen LogP contribution in [0.5, 0.6) is 0 Å². The van der Waals surface area contributed by atoms with Gasteiger partial charge in [-0.15, -0.1) is 0 Å². The Morgan fingerprint density at radius 2 is 2.23 bits per heavy atom. The molecule has 0 N–H and O–H groups in total. The smallest absolute Gasteiger partial charge is 0.120 e. The largest absolute Gasteiger partial charge is 0.381 e. The Morgan fingerprint density at radius 3 is 2.92 bits per heavy atom.